The Labute approximate surface area is 58.6 Å². The molecule has 0 aromatic heterocycles. The molecule has 1 aliphatic carbocycles. The summed E-state index contributed by atoms with van der Waals surface area (Å²) in [4.78, 5) is 21.5. The number of hydrogen-bond donors (Lipinski definition) is 2. The Kier molecular flexibility index (Phi) is 1.58. The van der Waals surface area contributed by atoms with Crippen LogP contribution >= 0.6 is 0 Å². The number of carbonyl (C=O) groups is 2. The van der Waals surface area contributed by atoms with Crippen molar-refractivity contribution in [3.8, 4) is 0 Å². The van der Waals surface area contributed by atoms with Crippen LogP contribution in [0.15, 0.2) is 0 Å². The van der Waals surface area contributed by atoms with Crippen molar-refractivity contribution in [2.45, 2.75) is 24.9 Å². The zero-order valence-corrected chi connectivity index (χ0v) is 5.59. The molecule has 0 aromatic rings. The molecular weight excluding hydrogens is 132 g/mol. The highest BCUT2D eigenvalue weighted by Crippen LogP contribution is 2.14. The molecule has 1 saturated carbocycles. The Morgan fingerprint density at radius 3 is 2.30 bits per heavy atom. The molecule has 1 aliphatic rings. The second-order valence-corrected chi connectivity index (χ2v) is 2.65. The first-order chi connectivity index (χ1) is 4.54. The summed E-state index contributed by atoms with van der Waals surface area (Å²) < 4.78 is 0. The van der Waals surface area contributed by atoms with Gasteiger partial charge in [-0.1, -0.05) is 0 Å². The number of carbonyl (C=O) groups excluding carboxylic acids is 2. The zero-order valence-electron chi connectivity index (χ0n) is 5.59. The van der Waals surface area contributed by atoms with Crippen LogP contribution in [0.4, 0.5) is 0 Å². The Bertz CT molecular complexity index is 186. The van der Waals surface area contributed by atoms with E-state index in [0.29, 0.717) is 19.3 Å². The Hall–Kier alpha value is -0.740. The van der Waals surface area contributed by atoms with Gasteiger partial charge in [0.2, 0.25) is 11.6 Å². The van der Waals surface area contributed by atoms with E-state index in [-0.39, 0.29) is 0 Å². The van der Waals surface area contributed by atoms with Crippen LogP contribution in [0.2, 0.25) is 0 Å². The molecule has 56 valence electrons. The topological polar surface area (TPSA) is 86.2 Å². The number of ketones is 2. The van der Waals surface area contributed by atoms with Crippen molar-refractivity contribution in [2.75, 3.05) is 0 Å². The highest BCUT2D eigenvalue weighted by atomic mass is 16.2. The maximum Gasteiger partial charge on any atom is 0.232 e. The van der Waals surface area contributed by atoms with E-state index in [0.717, 1.165) is 0 Å². The van der Waals surface area contributed by atoms with Crippen molar-refractivity contribution >= 4 is 11.6 Å². The summed E-state index contributed by atoms with van der Waals surface area (Å²) in [7, 11) is 0. The predicted molar refractivity (Wildman–Crippen MR) is 35.0 cm³/mol. The van der Waals surface area contributed by atoms with E-state index in [4.69, 9.17) is 11.5 Å². The van der Waals surface area contributed by atoms with Gasteiger partial charge in [-0.15, -0.1) is 0 Å². The second-order valence-electron chi connectivity index (χ2n) is 2.65. The van der Waals surface area contributed by atoms with E-state index in [9.17, 15) is 9.59 Å². The molecule has 10 heavy (non-hydrogen) atoms. The molecule has 0 atom stereocenters. The number of rotatable bonds is 0. The van der Waals surface area contributed by atoms with Crippen molar-refractivity contribution < 1.29 is 9.59 Å². The summed E-state index contributed by atoms with van der Waals surface area (Å²) in [6.07, 6.45) is 1.34. The Balaban J connectivity index is 2.79. The van der Waals surface area contributed by atoms with Gasteiger partial charge >= 0.3 is 0 Å². The van der Waals surface area contributed by atoms with Crippen LogP contribution in [0.5, 0.6) is 0 Å². The lowest BCUT2D eigenvalue weighted by atomic mass is 9.88. The average Bonchev–Trinajstić information content (AvgIpc) is 1.83. The predicted octanol–water partition coefficient (Wildman–Crippen LogP) is -1.08. The van der Waals surface area contributed by atoms with Crippen molar-refractivity contribution in [1.82, 2.24) is 0 Å². The molecule has 0 unspecified atom stereocenters. The van der Waals surface area contributed by atoms with Gasteiger partial charge in [-0.2, -0.15) is 0 Å². The van der Waals surface area contributed by atoms with E-state index >= 15 is 0 Å². The van der Waals surface area contributed by atoms with Crippen molar-refractivity contribution in [2.24, 2.45) is 11.5 Å². The maximum absolute atomic E-state index is 10.8. The molecule has 1 rings (SSSR count). The summed E-state index contributed by atoms with van der Waals surface area (Å²) >= 11 is 0. The molecule has 4 heteroatoms. The lowest BCUT2D eigenvalue weighted by Gasteiger charge is -2.25. The summed E-state index contributed by atoms with van der Waals surface area (Å²) in [5, 5.41) is 0. The van der Waals surface area contributed by atoms with E-state index in [1.54, 1.807) is 0 Å². The smallest absolute Gasteiger partial charge is 0.232 e. The third-order valence-electron chi connectivity index (χ3n) is 1.67. The lowest BCUT2D eigenvalue weighted by Crippen LogP contribution is -2.60. The van der Waals surface area contributed by atoms with Gasteiger partial charge in [-0.05, 0) is 12.8 Å². The lowest BCUT2D eigenvalue weighted by molar-refractivity contribution is -0.141. The summed E-state index contributed by atoms with van der Waals surface area (Å²) in [6.45, 7) is 0. The van der Waals surface area contributed by atoms with Crippen LogP contribution in [-0.2, 0) is 9.59 Å². The molecular formula is C6H10N2O2. The normalized spacial score (nSPS) is 25.0. The molecule has 0 saturated heterocycles. The van der Waals surface area contributed by atoms with Gasteiger partial charge < -0.3 is 11.5 Å². The SMILES string of the molecule is NC1(N)CCCC(=O)C1=O. The van der Waals surface area contributed by atoms with Crippen molar-refractivity contribution in [3.05, 3.63) is 0 Å². The monoisotopic (exact) mass is 142 g/mol. The van der Waals surface area contributed by atoms with Gasteiger partial charge in [0, 0.05) is 6.42 Å². The van der Waals surface area contributed by atoms with Crippen LogP contribution in [0.1, 0.15) is 19.3 Å². The van der Waals surface area contributed by atoms with Gasteiger partial charge in [-0.3, -0.25) is 9.59 Å². The van der Waals surface area contributed by atoms with Crippen LogP contribution in [0.25, 0.3) is 0 Å². The van der Waals surface area contributed by atoms with Gasteiger partial charge in [-0.25, -0.2) is 0 Å². The molecule has 0 aromatic carbocycles. The molecule has 0 bridgehead atoms. The highest BCUT2D eigenvalue weighted by molar-refractivity contribution is 6.40. The van der Waals surface area contributed by atoms with Crippen LogP contribution in [0, 0.1) is 0 Å². The minimum atomic E-state index is -1.38. The first-order valence-corrected chi connectivity index (χ1v) is 3.19. The van der Waals surface area contributed by atoms with E-state index in [1.807, 2.05) is 0 Å². The van der Waals surface area contributed by atoms with Crippen molar-refractivity contribution in [1.29, 1.82) is 0 Å². The fourth-order valence-corrected chi connectivity index (χ4v) is 1.03. The summed E-state index contributed by atoms with van der Waals surface area (Å²) in [5.74, 6) is -1.06. The van der Waals surface area contributed by atoms with E-state index in [1.165, 1.54) is 0 Å². The third-order valence-corrected chi connectivity index (χ3v) is 1.67. The molecule has 0 heterocycles. The number of nitrogens with two attached hydrogens (primary N) is 2. The summed E-state index contributed by atoms with van der Waals surface area (Å²) in [5.41, 5.74) is 9.26. The minimum absolute atomic E-state index is 0.301. The van der Waals surface area contributed by atoms with E-state index in [2.05, 4.69) is 0 Å². The third kappa shape index (κ3) is 1.08. The van der Waals surface area contributed by atoms with Crippen LogP contribution in [-0.4, -0.2) is 17.2 Å². The standard InChI is InChI=1S/C6H10N2O2/c7-6(8)3-1-2-4(9)5(6)10/h1-3,7-8H2. The number of Topliss-reactive ketones (excluding diaryl/α,β-unsaturated/α-hetero) is 2. The summed E-state index contributed by atoms with van der Waals surface area (Å²) in [6, 6.07) is 0. The van der Waals surface area contributed by atoms with Gasteiger partial charge in [0.1, 0.15) is 5.66 Å². The second kappa shape index (κ2) is 2.14. The zero-order chi connectivity index (χ0) is 7.78. The molecule has 0 amide bonds. The molecule has 4 N–H and O–H groups in total. The van der Waals surface area contributed by atoms with Crippen LogP contribution < -0.4 is 11.5 Å². The average molecular weight is 142 g/mol. The minimum Gasteiger partial charge on any atom is -0.307 e. The fraction of sp³-hybridized carbons (Fsp3) is 0.667. The Morgan fingerprint density at radius 2 is 1.90 bits per heavy atom. The quantitative estimate of drug-likeness (QED) is 0.333. The van der Waals surface area contributed by atoms with Crippen LogP contribution in [0.3, 0.4) is 0 Å². The Morgan fingerprint density at radius 1 is 1.30 bits per heavy atom. The molecule has 0 spiro atoms. The fourth-order valence-electron chi connectivity index (χ4n) is 1.03. The van der Waals surface area contributed by atoms with Gasteiger partial charge in [0.05, 0.1) is 0 Å². The maximum atomic E-state index is 10.8. The number of hydrogen-bond acceptors (Lipinski definition) is 4. The first-order valence-electron chi connectivity index (χ1n) is 3.19. The molecule has 0 aliphatic heterocycles. The van der Waals surface area contributed by atoms with Gasteiger partial charge in [0.15, 0.2) is 0 Å². The first kappa shape index (κ1) is 7.37. The van der Waals surface area contributed by atoms with Crippen molar-refractivity contribution in [3.63, 3.8) is 0 Å². The highest BCUT2D eigenvalue weighted by Gasteiger charge is 2.37. The largest absolute Gasteiger partial charge is 0.307 e. The molecule has 0 radical (unpaired) electrons. The molecule has 4 nitrogen and oxygen atoms in total. The molecule has 1 fully saturated rings. The van der Waals surface area contributed by atoms with E-state index < -0.39 is 17.2 Å². The van der Waals surface area contributed by atoms with Gasteiger partial charge in [0.25, 0.3) is 0 Å².